The number of hydrogen-bond donors (Lipinski definition) is 1. The molecule has 146 valence electrons. The minimum absolute atomic E-state index is 0.0936. The summed E-state index contributed by atoms with van der Waals surface area (Å²) >= 11 is 0. The van der Waals surface area contributed by atoms with Crippen molar-refractivity contribution in [2.45, 2.75) is 26.8 Å². The number of hydrogen-bond acceptors (Lipinski definition) is 6. The summed E-state index contributed by atoms with van der Waals surface area (Å²) in [6.07, 6.45) is 3.99. The zero-order chi connectivity index (χ0) is 20.3. The molecule has 0 spiro atoms. The van der Waals surface area contributed by atoms with E-state index < -0.39 is 11.6 Å². The average molecular weight is 382 g/mol. The van der Waals surface area contributed by atoms with Crippen molar-refractivity contribution >= 4 is 28.8 Å². The summed E-state index contributed by atoms with van der Waals surface area (Å²) in [5.41, 5.74) is 0.961. The first-order valence-electron chi connectivity index (χ1n) is 8.97. The van der Waals surface area contributed by atoms with E-state index in [0.29, 0.717) is 22.7 Å². The van der Waals surface area contributed by atoms with Gasteiger partial charge in [0.25, 0.3) is 0 Å². The van der Waals surface area contributed by atoms with Crippen LogP contribution in [0.1, 0.15) is 30.6 Å². The van der Waals surface area contributed by atoms with Crippen molar-refractivity contribution in [3.8, 4) is 0 Å². The number of benzene rings is 1. The molecular weight excluding hydrogens is 360 g/mol. The van der Waals surface area contributed by atoms with Crippen LogP contribution >= 0.6 is 0 Å². The Kier molecular flexibility index (Phi) is 5.53. The lowest BCUT2D eigenvalue weighted by Gasteiger charge is -2.16. The fourth-order valence-electron chi connectivity index (χ4n) is 2.90. The van der Waals surface area contributed by atoms with Gasteiger partial charge in [-0.1, -0.05) is 19.1 Å². The number of carbonyl (C=O) groups excluding carboxylic acids is 2. The summed E-state index contributed by atoms with van der Waals surface area (Å²) in [7, 11) is 1.88. The number of carbonyl (C=O) groups is 2. The van der Waals surface area contributed by atoms with E-state index in [1.165, 1.54) is 23.7 Å². The highest BCUT2D eigenvalue weighted by Crippen LogP contribution is 2.14. The number of aromatic nitrogens is 4. The molecule has 3 aromatic rings. The molecule has 2 heterocycles. The Balaban J connectivity index is 1.84. The van der Waals surface area contributed by atoms with E-state index in [-0.39, 0.29) is 12.3 Å². The Hall–Kier alpha value is -3.49. The molecule has 0 aliphatic heterocycles. The highest BCUT2D eigenvalue weighted by atomic mass is 16.2. The van der Waals surface area contributed by atoms with Gasteiger partial charge in [-0.15, -0.1) is 5.10 Å². The van der Waals surface area contributed by atoms with Crippen molar-refractivity contribution in [1.82, 2.24) is 19.2 Å². The zero-order valence-electron chi connectivity index (χ0n) is 16.0. The van der Waals surface area contributed by atoms with Gasteiger partial charge in [-0.05, 0) is 25.5 Å². The predicted octanol–water partition coefficient (Wildman–Crippen LogP) is 1.58. The summed E-state index contributed by atoms with van der Waals surface area (Å²) in [5.74, 6) is 0.0706. The van der Waals surface area contributed by atoms with Gasteiger partial charge in [-0.3, -0.25) is 9.59 Å². The van der Waals surface area contributed by atoms with Crippen molar-refractivity contribution in [3.63, 3.8) is 0 Å². The number of ketones is 1. The largest absolute Gasteiger partial charge is 0.357 e. The van der Waals surface area contributed by atoms with Crippen LogP contribution in [0.3, 0.4) is 0 Å². The lowest BCUT2D eigenvalue weighted by atomic mass is 10.1. The van der Waals surface area contributed by atoms with Gasteiger partial charge in [0.1, 0.15) is 6.54 Å². The minimum atomic E-state index is -0.420. The number of nitrogens with one attached hydrogen (secondary N) is 1. The number of anilines is 2. The fourth-order valence-corrected chi connectivity index (χ4v) is 2.90. The third-order valence-corrected chi connectivity index (χ3v) is 4.25. The molecule has 28 heavy (non-hydrogen) atoms. The van der Waals surface area contributed by atoms with Gasteiger partial charge in [0.15, 0.2) is 11.6 Å². The van der Waals surface area contributed by atoms with Gasteiger partial charge in [-0.2, -0.15) is 0 Å². The van der Waals surface area contributed by atoms with Gasteiger partial charge in [0, 0.05) is 37.2 Å². The van der Waals surface area contributed by atoms with Crippen molar-refractivity contribution in [1.29, 1.82) is 0 Å². The van der Waals surface area contributed by atoms with Crippen LogP contribution in [0.4, 0.5) is 11.5 Å². The molecule has 2 aromatic heterocycles. The van der Waals surface area contributed by atoms with Crippen LogP contribution in [0.15, 0.2) is 41.5 Å². The first-order valence-corrected chi connectivity index (χ1v) is 8.97. The van der Waals surface area contributed by atoms with E-state index in [0.717, 1.165) is 17.6 Å². The average Bonchev–Trinajstić information content (AvgIpc) is 2.97. The molecule has 0 aliphatic rings. The molecule has 1 aromatic carbocycles. The van der Waals surface area contributed by atoms with Gasteiger partial charge in [-0.25, -0.2) is 18.9 Å². The SMILES string of the molecule is CCCN(C)c1nccn2c(=O)n(CC(=O)Nc3cccc(C(C)=O)c3)nc12. The Morgan fingerprint density at radius 2 is 2.07 bits per heavy atom. The van der Waals surface area contributed by atoms with E-state index in [4.69, 9.17) is 0 Å². The number of nitrogens with zero attached hydrogens (tertiary/aromatic N) is 5. The second-order valence-corrected chi connectivity index (χ2v) is 6.49. The highest BCUT2D eigenvalue weighted by Gasteiger charge is 2.16. The fraction of sp³-hybridized carbons (Fsp3) is 0.316. The summed E-state index contributed by atoms with van der Waals surface area (Å²) in [5, 5.41) is 6.98. The molecule has 0 fully saturated rings. The second kappa shape index (κ2) is 8.03. The molecule has 0 unspecified atom stereocenters. The monoisotopic (exact) mass is 382 g/mol. The predicted molar refractivity (Wildman–Crippen MR) is 106 cm³/mol. The maximum absolute atomic E-state index is 12.6. The molecule has 0 radical (unpaired) electrons. The summed E-state index contributed by atoms with van der Waals surface area (Å²) in [6, 6.07) is 6.63. The first kappa shape index (κ1) is 19.3. The molecule has 0 saturated heterocycles. The van der Waals surface area contributed by atoms with Crippen LogP contribution in [-0.4, -0.2) is 44.4 Å². The third kappa shape index (κ3) is 3.93. The van der Waals surface area contributed by atoms with Crippen molar-refractivity contribution in [2.24, 2.45) is 0 Å². The maximum atomic E-state index is 12.6. The zero-order valence-corrected chi connectivity index (χ0v) is 16.0. The summed E-state index contributed by atoms with van der Waals surface area (Å²) < 4.78 is 2.47. The smallest absolute Gasteiger partial charge is 0.350 e. The standard InChI is InChI=1S/C19H22N6O3/c1-4-9-23(3)17-18-22-25(19(28)24(18)10-8-20-17)12-16(27)21-15-7-5-6-14(11-15)13(2)26/h5-8,10-11H,4,9,12H2,1-3H3,(H,21,27). The minimum Gasteiger partial charge on any atom is -0.357 e. The van der Waals surface area contributed by atoms with E-state index in [2.05, 4.69) is 15.4 Å². The molecule has 3 rings (SSSR count). The Morgan fingerprint density at radius 1 is 1.29 bits per heavy atom. The van der Waals surface area contributed by atoms with E-state index >= 15 is 0 Å². The Morgan fingerprint density at radius 3 is 2.79 bits per heavy atom. The number of rotatable bonds is 7. The summed E-state index contributed by atoms with van der Waals surface area (Å²) in [6.45, 7) is 4.02. The lowest BCUT2D eigenvalue weighted by Crippen LogP contribution is -2.28. The summed E-state index contributed by atoms with van der Waals surface area (Å²) in [4.78, 5) is 42.7. The van der Waals surface area contributed by atoms with Crippen LogP contribution in [-0.2, 0) is 11.3 Å². The van der Waals surface area contributed by atoms with E-state index in [1.807, 2.05) is 18.9 Å². The Labute approximate surface area is 161 Å². The van der Waals surface area contributed by atoms with Gasteiger partial charge in [0.05, 0.1) is 0 Å². The number of fused-ring (bicyclic) bond motifs is 1. The maximum Gasteiger partial charge on any atom is 0.350 e. The Bertz CT molecular complexity index is 1080. The number of Topliss-reactive ketones (excluding diaryl/α,β-unsaturated/α-hetero) is 1. The van der Waals surface area contributed by atoms with E-state index in [9.17, 15) is 14.4 Å². The quantitative estimate of drug-likeness (QED) is 0.623. The molecule has 9 nitrogen and oxygen atoms in total. The van der Waals surface area contributed by atoms with Crippen LogP contribution in [0.25, 0.3) is 5.65 Å². The molecule has 0 atom stereocenters. The van der Waals surface area contributed by atoms with Crippen molar-refractivity contribution in [2.75, 3.05) is 23.8 Å². The van der Waals surface area contributed by atoms with Crippen LogP contribution < -0.4 is 15.9 Å². The lowest BCUT2D eigenvalue weighted by molar-refractivity contribution is -0.117. The number of amides is 1. The molecule has 9 heteroatoms. The van der Waals surface area contributed by atoms with Crippen LogP contribution in [0.5, 0.6) is 0 Å². The molecule has 0 bridgehead atoms. The molecular formula is C19H22N6O3. The molecule has 1 N–H and O–H groups in total. The van der Waals surface area contributed by atoms with Crippen molar-refractivity contribution in [3.05, 3.63) is 52.7 Å². The normalized spacial score (nSPS) is 10.8. The van der Waals surface area contributed by atoms with Crippen LogP contribution in [0.2, 0.25) is 0 Å². The molecule has 1 amide bonds. The van der Waals surface area contributed by atoms with E-state index in [1.54, 1.807) is 24.3 Å². The van der Waals surface area contributed by atoms with Gasteiger partial charge < -0.3 is 10.2 Å². The third-order valence-electron chi connectivity index (χ3n) is 4.25. The van der Waals surface area contributed by atoms with Crippen LogP contribution in [0, 0.1) is 0 Å². The van der Waals surface area contributed by atoms with Crippen molar-refractivity contribution < 1.29 is 9.59 Å². The van der Waals surface area contributed by atoms with Gasteiger partial charge in [0.2, 0.25) is 11.6 Å². The first-order chi connectivity index (χ1) is 13.4. The second-order valence-electron chi connectivity index (χ2n) is 6.49. The molecule has 0 aliphatic carbocycles. The topological polar surface area (TPSA) is 102 Å². The van der Waals surface area contributed by atoms with Gasteiger partial charge >= 0.3 is 5.69 Å². The highest BCUT2D eigenvalue weighted by molar-refractivity contribution is 5.97. The molecule has 0 saturated carbocycles.